The van der Waals surface area contributed by atoms with Gasteiger partial charge in [0.15, 0.2) is 0 Å². The van der Waals surface area contributed by atoms with E-state index in [4.69, 9.17) is 4.74 Å². The predicted octanol–water partition coefficient (Wildman–Crippen LogP) is 0.985. The minimum Gasteiger partial charge on any atom is -0.481 e. The number of aliphatic carboxylic acids is 1. The van der Waals surface area contributed by atoms with Crippen LogP contribution in [0, 0.1) is 18.3 Å². The van der Waals surface area contributed by atoms with E-state index in [1.54, 1.807) is 11.3 Å². The molecular formula is C12H16N2O3S. The zero-order valence-corrected chi connectivity index (χ0v) is 11.1. The van der Waals surface area contributed by atoms with Crippen molar-refractivity contribution in [2.45, 2.75) is 13.5 Å². The molecule has 0 radical (unpaired) electrons. The highest BCUT2D eigenvalue weighted by Crippen LogP contribution is 2.41. The maximum absolute atomic E-state index is 11.5. The number of rotatable bonds is 3. The van der Waals surface area contributed by atoms with Crippen molar-refractivity contribution >= 4 is 17.3 Å². The number of ether oxygens (including phenoxy) is 1. The Kier molecular flexibility index (Phi) is 2.88. The van der Waals surface area contributed by atoms with E-state index in [0.717, 1.165) is 23.8 Å². The van der Waals surface area contributed by atoms with Gasteiger partial charge in [-0.2, -0.15) is 0 Å². The van der Waals surface area contributed by atoms with Gasteiger partial charge in [-0.05, 0) is 6.92 Å². The summed E-state index contributed by atoms with van der Waals surface area (Å²) in [5.41, 5.74) is 0.351. The SMILES string of the molecule is Cc1nc(CN2C[C@@H]3COC[C@]3(C(=O)O)C2)cs1. The Morgan fingerprint density at radius 3 is 3.22 bits per heavy atom. The first-order valence-corrected chi connectivity index (χ1v) is 6.92. The van der Waals surface area contributed by atoms with E-state index >= 15 is 0 Å². The minimum absolute atomic E-state index is 0.120. The second-order valence-electron chi connectivity index (χ2n) is 5.20. The number of fused-ring (bicyclic) bond motifs is 1. The molecule has 6 heteroatoms. The first-order chi connectivity index (χ1) is 8.60. The summed E-state index contributed by atoms with van der Waals surface area (Å²) in [7, 11) is 0. The molecule has 2 aliphatic heterocycles. The van der Waals surface area contributed by atoms with Gasteiger partial charge < -0.3 is 9.84 Å². The van der Waals surface area contributed by atoms with Gasteiger partial charge in [0.2, 0.25) is 0 Å². The van der Waals surface area contributed by atoms with Crippen molar-refractivity contribution in [2.75, 3.05) is 26.3 Å². The van der Waals surface area contributed by atoms with E-state index in [2.05, 4.69) is 9.88 Å². The van der Waals surface area contributed by atoms with Crippen LogP contribution in [0.1, 0.15) is 10.7 Å². The highest BCUT2D eigenvalue weighted by atomic mass is 32.1. The van der Waals surface area contributed by atoms with Crippen LogP contribution in [0.2, 0.25) is 0 Å². The Bertz CT molecular complexity index is 476. The van der Waals surface area contributed by atoms with Crippen molar-refractivity contribution in [1.82, 2.24) is 9.88 Å². The van der Waals surface area contributed by atoms with Gasteiger partial charge in [-0.1, -0.05) is 0 Å². The van der Waals surface area contributed by atoms with Gasteiger partial charge in [-0.3, -0.25) is 9.69 Å². The maximum Gasteiger partial charge on any atom is 0.313 e. The number of hydrogen-bond donors (Lipinski definition) is 1. The fourth-order valence-electron chi connectivity index (χ4n) is 2.97. The molecule has 0 aromatic carbocycles. The van der Waals surface area contributed by atoms with E-state index in [-0.39, 0.29) is 5.92 Å². The number of likely N-dealkylation sites (tertiary alicyclic amines) is 1. The predicted molar refractivity (Wildman–Crippen MR) is 66.5 cm³/mol. The van der Waals surface area contributed by atoms with Crippen LogP contribution in [0.5, 0.6) is 0 Å². The monoisotopic (exact) mass is 268 g/mol. The summed E-state index contributed by atoms with van der Waals surface area (Å²) in [4.78, 5) is 18.1. The van der Waals surface area contributed by atoms with Gasteiger partial charge in [0.05, 0.1) is 23.9 Å². The van der Waals surface area contributed by atoms with Crippen LogP contribution in [0.15, 0.2) is 5.38 Å². The van der Waals surface area contributed by atoms with E-state index in [9.17, 15) is 9.90 Å². The molecule has 0 amide bonds. The molecule has 2 aliphatic rings. The van der Waals surface area contributed by atoms with Crippen LogP contribution in [0.25, 0.3) is 0 Å². The highest BCUT2D eigenvalue weighted by Gasteiger charge is 2.56. The molecule has 2 atom stereocenters. The number of thiazole rings is 1. The largest absolute Gasteiger partial charge is 0.481 e. The third kappa shape index (κ3) is 1.84. The number of carboxylic acids is 1. The second-order valence-corrected chi connectivity index (χ2v) is 6.26. The molecule has 1 aromatic rings. The number of carboxylic acid groups (broad SMARTS) is 1. The van der Waals surface area contributed by atoms with Crippen LogP contribution in [-0.2, 0) is 16.1 Å². The fraction of sp³-hybridized carbons (Fsp3) is 0.667. The third-order valence-electron chi connectivity index (χ3n) is 3.92. The molecular weight excluding hydrogens is 252 g/mol. The summed E-state index contributed by atoms with van der Waals surface area (Å²) in [6, 6.07) is 0. The molecule has 3 heterocycles. The molecule has 0 unspecified atom stereocenters. The Balaban J connectivity index is 1.73. The van der Waals surface area contributed by atoms with E-state index < -0.39 is 11.4 Å². The van der Waals surface area contributed by atoms with Gasteiger partial charge in [-0.15, -0.1) is 11.3 Å². The number of hydrogen-bond acceptors (Lipinski definition) is 5. The van der Waals surface area contributed by atoms with Crippen molar-refractivity contribution in [3.63, 3.8) is 0 Å². The Morgan fingerprint density at radius 2 is 2.61 bits per heavy atom. The second kappa shape index (κ2) is 4.29. The summed E-state index contributed by atoms with van der Waals surface area (Å²) < 4.78 is 5.36. The van der Waals surface area contributed by atoms with Crippen molar-refractivity contribution in [3.05, 3.63) is 16.1 Å². The lowest BCUT2D eigenvalue weighted by atomic mass is 9.81. The summed E-state index contributed by atoms with van der Waals surface area (Å²) in [5, 5.41) is 12.5. The molecule has 0 aliphatic carbocycles. The van der Waals surface area contributed by atoms with Crippen LogP contribution in [0.4, 0.5) is 0 Å². The van der Waals surface area contributed by atoms with Gasteiger partial charge in [0.1, 0.15) is 5.41 Å². The standard InChI is InChI=1S/C12H16N2O3S/c1-8-13-10(5-18-8)3-14-2-9-4-17-7-12(9,6-14)11(15)16/h5,9H,2-4,6-7H2,1H3,(H,15,16)/t9-,12-/m1/s1. The minimum atomic E-state index is -0.720. The molecule has 1 N–H and O–H groups in total. The molecule has 5 nitrogen and oxygen atoms in total. The smallest absolute Gasteiger partial charge is 0.313 e. The lowest BCUT2D eigenvalue weighted by Gasteiger charge is -2.21. The normalized spacial score (nSPS) is 31.7. The molecule has 1 aromatic heterocycles. The van der Waals surface area contributed by atoms with Crippen LogP contribution in [0.3, 0.4) is 0 Å². The maximum atomic E-state index is 11.5. The summed E-state index contributed by atoms with van der Waals surface area (Å²) in [5.74, 6) is -0.600. The first kappa shape index (κ1) is 12.1. The van der Waals surface area contributed by atoms with E-state index in [1.807, 2.05) is 12.3 Å². The zero-order chi connectivity index (χ0) is 12.8. The number of carbonyl (C=O) groups is 1. The number of aryl methyl sites for hydroxylation is 1. The molecule has 0 saturated carbocycles. The molecule has 0 bridgehead atoms. The lowest BCUT2D eigenvalue weighted by Crippen LogP contribution is -2.38. The molecule has 3 rings (SSSR count). The molecule has 18 heavy (non-hydrogen) atoms. The fourth-order valence-corrected chi connectivity index (χ4v) is 3.58. The van der Waals surface area contributed by atoms with Crippen molar-refractivity contribution in [2.24, 2.45) is 11.3 Å². The Hall–Kier alpha value is -0.980. The summed E-state index contributed by atoms with van der Waals surface area (Å²) >= 11 is 1.64. The van der Waals surface area contributed by atoms with Crippen LogP contribution >= 0.6 is 11.3 Å². The average Bonchev–Trinajstić information content (AvgIpc) is 2.93. The number of nitrogens with zero attached hydrogens (tertiary/aromatic N) is 2. The quantitative estimate of drug-likeness (QED) is 0.885. The van der Waals surface area contributed by atoms with Gasteiger partial charge in [0.25, 0.3) is 0 Å². The topological polar surface area (TPSA) is 62.7 Å². The Morgan fingerprint density at radius 1 is 1.78 bits per heavy atom. The summed E-state index contributed by atoms with van der Waals surface area (Å²) in [6.07, 6.45) is 0. The van der Waals surface area contributed by atoms with E-state index in [0.29, 0.717) is 19.8 Å². The van der Waals surface area contributed by atoms with Crippen molar-refractivity contribution in [1.29, 1.82) is 0 Å². The average molecular weight is 268 g/mol. The summed E-state index contributed by atoms with van der Waals surface area (Å²) in [6.45, 7) is 5.01. The lowest BCUT2D eigenvalue weighted by molar-refractivity contribution is -0.149. The number of aromatic nitrogens is 1. The van der Waals surface area contributed by atoms with Crippen molar-refractivity contribution in [3.8, 4) is 0 Å². The molecule has 98 valence electrons. The third-order valence-corrected chi connectivity index (χ3v) is 4.74. The zero-order valence-electron chi connectivity index (χ0n) is 10.3. The van der Waals surface area contributed by atoms with Gasteiger partial charge in [-0.25, -0.2) is 4.98 Å². The van der Waals surface area contributed by atoms with Crippen LogP contribution in [-0.4, -0.2) is 47.3 Å². The van der Waals surface area contributed by atoms with Gasteiger partial charge >= 0.3 is 5.97 Å². The molecule has 0 spiro atoms. The Labute approximate surface area is 109 Å². The van der Waals surface area contributed by atoms with Gasteiger partial charge in [0, 0.05) is 30.9 Å². The molecule has 2 fully saturated rings. The van der Waals surface area contributed by atoms with E-state index in [1.165, 1.54) is 0 Å². The van der Waals surface area contributed by atoms with Crippen LogP contribution < -0.4 is 0 Å². The molecule has 2 saturated heterocycles. The first-order valence-electron chi connectivity index (χ1n) is 6.05. The highest BCUT2D eigenvalue weighted by molar-refractivity contribution is 7.09. The van der Waals surface area contributed by atoms with Crippen molar-refractivity contribution < 1.29 is 14.6 Å².